The summed E-state index contributed by atoms with van der Waals surface area (Å²) in [6.45, 7) is 3.80. The lowest BCUT2D eigenvalue weighted by Crippen LogP contribution is -2.37. The third-order valence-electron chi connectivity index (χ3n) is 3.45. The molecule has 0 aromatic carbocycles. The topological polar surface area (TPSA) is 72.4 Å². The van der Waals surface area contributed by atoms with Crippen molar-refractivity contribution in [2.24, 2.45) is 0 Å². The minimum absolute atomic E-state index is 0.538. The Morgan fingerprint density at radius 2 is 2.09 bits per heavy atom. The number of hydrogen-bond acceptors (Lipinski definition) is 7. The maximum absolute atomic E-state index is 5.40. The molecular formula is C15H19N5O2. The Morgan fingerprint density at radius 1 is 1.23 bits per heavy atom. The van der Waals surface area contributed by atoms with Crippen molar-refractivity contribution in [3.05, 3.63) is 36.2 Å². The van der Waals surface area contributed by atoms with E-state index < -0.39 is 0 Å². The Morgan fingerprint density at radius 3 is 2.91 bits per heavy atom. The van der Waals surface area contributed by atoms with Crippen LogP contribution in [0.25, 0.3) is 0 Å². The molecule has 7 nitrogen and oxygen atoms in total. The summed E-state index contributed by atoms with van der Waals surface area (Å²) in [6, 6.07) is 5.72. The summed E-state index contributed by atoms with van der Waals surface area (Å²) in [5, 5.41) is 3.22. The second-order valence-corrected chi connectivity index (χ2v) is 4.86. The highest BCUT2D eigenvalue weighted by molar-refractivity contribution is 5.48. The highest BCUT2D eigenvalue weighted by Gasteiger charge is 2.15. The summed E-state index contributed by atoms with van der Waals surface area (Å²) in [5.74, 6) is 2.06. The van der Waals surface area contributed by atoms with Crippen LogP contribution in [0, 0.1) is 0 Å². The predicted molar refractivity (Wildman–Crippen MR) is 83.2 cm³/mol. The fourth-order valence-electron chi connectivity index (χ4n) is 2.34. The van der Waals surface area contributed by atoms with Crippen molar-refractivity contribution in [1.82, 2.24) is 15.0 Å². The molecule has 3 heterocycles. The molecule has 0 aliphatic carbocycles. The molecule has 0 bridgehead atoms. The standard InChI is InChI=1S/C15H19N5O2/c1-21-13-4-6-17-15(19-13)18-11-12-3-2-5-16-14(12)20-7-9-22-10-8-20/h2-6H,7-11H2,1H3,(H,17,18,19). The van der Waals surface area contributed by atoms with Gasteiger partial charge >= 0.3 is 0 Å². The molecule has 7 heteroatoms. The van der Waals surface area contributed by atoms with E-state index in [0.29, 0.717) is 18.4 Å². The van der Waals surface area contributed by atoms with Crippen molar-refractivity contribution >= 4 is 11.8 Å². The Hall–Kier alpha value is -2.41. The molecule has 1 aliphatic heterocycles. The highest BCUT2D eigenvalue weighted by atomic mass is 16.5. The molecule has 1 aliphatic rings. The lowest BCUT2D eigenvalue weighted by Gasteiger charge is -2.29. The number of aromatic nitrogens is 3. The van der Waals surface area contributed by atoms with Gasteiger partial charge in [0.05, 0.1) is 20.3 Å². The number of ether oxygens (including phenoxy) is 2. The van der Waals surface area contributed by atoms with Gasteiger partial charge < -0.3 is 19.7 Å². The molecule has 3 rings (SSSR count). The Kier molecular flexibility index (Phi) is 4.65. The van der Waals surface area contributed by atoms with Crippen molar-refractivity contribution in [3.63, 3.8) is 0 Å². The number of hydrogen-bond donors (Lipinski definition) is 1. The van der Waals surface area contributed by atoms with Crippen LogP contribution < -0.4 is 15.0 Å². The number of methoxy groups -OCH3 is 1. The van der Waals surface area contributed by atoms with Crippen LogP contribution >= 0.6 is 0 Å². The summed E-state index contributed by atoms with van der Waals surface area (Å²) in [5.41, 5.74) is 1.11. The second kappa shape index (κ2) is 7.04. The van der Waals surface area contributed by atoms with E-state index in [-0.39, 0.29) is 0 Å². The van der Waals surface area contributed by atoms with Crippen LogP contribution in [-0.4, -0.2) is 48.4 Å². The number of nitrogens with one attached hydrogen (secondary N) is 1. The summed E-state index contributed by atoms with van der Waals surface area (Å²) in [7, 11) is 1.59. The van der Waals surface area contributed by atoms with Crippen LogP contribution in [-0.2, 0) is 11.3 Å². The van der Waals surface area contributed by atoms with Gasteiger partial charge in [-0.3, -0.25) is 0 Å². The van der Waals surface area contributed by atoms with Gasteiger partial charge in [-0.1, -0.05) is 6.07 Å². The molecule has 0 atom stereocenters. The third-order valence-corrected chi connectivity index (χ3v) is 3.45. The SMILES string of the molecule is COc1ccnc(NCc2cccnc2N2CCOCC2)n1. The van der Waals surface area contributed by atoms with Crippen LogP contribution in [0.3, 0.4) is 0 Å². The summed E-state index contributed by atoms with van der Waals surface area (Å²) >= 11 is 0. The quantitative estimate of drug-likeness (QED) is 0.893. The predicted octanol–water partition coefficient (Wildman–Crippen LogP) is 1.33. The van der Waals surface area contributed by atoms with E-state index in [9.17, 15) is 0 Å². The van der Waals surface area contributed by atoms with E-state index in [2.05, 4.69) is 31.2 Å². The monoisotopic (exact) mass is 301 g/mol. The van der Waals surface area contributed by atoms with Gasteiger partial charge in [0.25, 0.3) is 0 Å². The van der Waals surface area contributed by atoms with Gasteiger partial charge in [0, 0.05) is 43.7 Å². The first kappa shape index (κ1) is 14.5. The number of pyridine rings is 1. The first-order chi connectivity index (χ1) is 10.9. The van der Waals surface area contributed by atoms with Gasteiger partial charge in [-0.2, -0.15) is 4.98 Å². The molecule has 0 amide bonds. The van der Waals surface area contributed by atoms with Gasteiger partial charge in [0.1, 0.15) is 5.82 Å². The summed E-state index contributed by atoms with van der Waals surface area (Å²) in [4.78, 5) is 15.2. The first-order valence-corrected chi connectivity index (χ1v) is 7.24. The van der Waals surface area contributed by atoms with Crippen LogP contribution in [0.4, 0.5) is 11.8 Å². The van der Waals surface area contributed by atoms with Crippen molar-refractivity contribution in [1.29, 1.82) is 0 Å². The lowest BCUT2D eigenvalue weighted by atomic mass is 10.2. The van der Waals surface area contributed by atoms with E-state index >= 15 is 0 Å². The third kappa shape index (κ3) is 3.43. The Bertz CT molecular complexity index is 616. The molecule has 0 saturated carbocycles. The molecule has 0 unspecified atom stereocenters. The minimum Gasteiger partial charge on any atom is -0.481 e. The first-order valence-electron chi connectivity index (χ1n) is 7.24. The Labute approximate surface area is 129 Å². The zero-order valence-corrected chi connectivity index (χ0v) is 12.5. The van der Waals surface area contributed by atoms with Crippen molar-refractivity contribution in [3.8, 4) is 5.88 Å². The van der Waals surface area contributed by atoms with Crippen LogP contribution in [0.2, 0.25) is 0 Å². The lowest BCUT2D eigenvalue weighted by molar-refractivity contribution is 0.122. The van der Waals surface area contributed by atoms with Crippen LogP contribution in [0.1, 0.15) is 5.56 Å². The van der Waals surface area contributed by atoms with E-state index in [1.54, 1.807) is 19.4 Å². The van der Waals surface area contributed by atoms with Crippen LogP contribution in [0.5, 0.6) is 5.88 Å². The van der Waals surface area contributed by atoms with E-state index in [1.807, 2.05) is 12.3 Å². The molecule has 22 heavy (non-hydrogen) atoms. The number of morpholine rings is 1. The zero-order chi connectivity index (χ0) is 15.2. The molecule has 2 aromatic heterocycles. The molecule has 0 radical (unpaired) electrons. The largest absolute Gasteiger partial charge is 0.481 e. The van der Waals surface area contributed by atoms with E-state index in [0.717, 1.165) is 37.7 Å². The van der Waals surface area contributed by atoms with Crippen molar-refractivity contribution in [2.75, 3.05) is 43.6 Å². The molecule has 1 saturated heterocycles. The smallest absolute Gasteiger partial charge is 0.226 e. The maximum atomic E-state index is 5.40. The minimum atomic E-state index is 0.538. The fourth-order valence-corrected chi connectivity index (χ4v) is 2.34. The number of rotatable bonds is 5. The fraction of sp³-hybridized carbons (Fsp3) is 0.400. The average molecular weight is 301 g/mol. The average Bonchev–Trinajstić information content (AvgIpc) is 2.61. The summed E-state index contributed by atoms with van der Waals surface area (Å²) in [6.07, 6.45) is 3.48. The van der Waals surface area contributed by atoms with E-state index in [1.165, 1.54) is 0 Å². The normalized spacial score (nSPS) is 14.7. The molecule has 2 aromatic rings. The summed E-state index contributed by atoms with van der Waals surface area (Å²) < 4.78 is 10.5. The molecule has 0 spiro atoms. The highest BCUT2D eigenvalue weighted by Crippen LogP contribution is 2.19. The maximum Gasteiger partial charge on any atom is 0.226 e. The van der Waals surface area contributed by atoms with Crippen molar-refractivity contribution in [2.45, 2.75) is 6.54 Å². The second-order valence-electron chi connectivity index (χ2n) is 4.86. The van der Waals surface area contributed by atoms with Crippen LogP contribution in [0.15, 0.2) is 30.6 Å². The molecule has 1 N–H and O–H groups in total. The van der Waals surface area contributed by atoms with Gasteiger partial charge in [0.15, 0.2) is 0 Å². The number of nitrogens with zero attached hydrogens (tertiary/aromatic N) is 4. The Balaban J connectivity index is 1.71. The molecule has 116 valence electrons. The molecule has 1 fully saturated rings. The van der Waals surface area contributed by atoms with Crippen molar-refractivity contribution < 1.29 is 9.47 Å². The van der Waals surface area contributed by atoms with Gasteiger partial charge in [-0.15, -0.1) is 0 Å². The zero-order valence-electron chi connectivity index (χ0n) is 12.5. The van der Waals surface area contributed by atoms with Gasteiger partial charge in [-0.05, 0) is 6.07 Å². The van der Waals surface area contributed by atoms with Gasteiger partial charge in [-0.25, -0.2) is 9.97 Å². The van der Waals surface area contributed by atoms with E-state index in [4.69, 9.17) is 9.47 Å². The molecular weight excluding hydrogens is 282 g/mol. The van der Waals surface area contributed by atoms with Gasteiger partial charge in [0.2, 0.25) is 11.8 Å². The number of anilines is 2.